The van der Waals surface area contributed by atoms with Gasteiger partial charge in [0.1, 0.15) is 17.0 Å². The standard InChI is InChI=1S/C22H21N5O2/c28-18-8-6-17(7-9-18)19-20-21(25-22(24-19)26-10-12-29-13-11-26)27(15-23-20)14-16-4-2-1-3-5-16/h1-9,15,28H,10-14H2. The molecule has 0 bridgehead atoms. The molecular weight excluding hydrogens is 366 g/mol. The number of nitrogens with zero attached hydrogens (tertiary/aromatic N) is 5. The van der Waals surface area contributed by atoms with E-state index < -0.39 is 0 Å². The van der Waals surface area contributed by atoms with E-state index in [0.29, 0.717) is 25.7 Å². The molecule has 0 atom stereocenters. The highest BCUT2D eigenvalue weighted by atomic mass is 16.5. The van der Waals surface area contributed by atoms with Crippen molar-refractivity contribution in [3.63, 3.8) is 0 Å². The second-order valence-corrected chi connectivity index (χ2v) is 7.05. The van der Waals surface area contributed by atoms with Gasteiger partial charge in [-0.1, -0.05) is 30.3 Å². The lowest BCUT2D eigenvalue weighted by Crippen LogP contribution is -2.37. The summed E-state index contributed by atoms with van der Waals surface area (Å²) in [5.41, 5.74) is 4.40. The summed E-state index contributed by atoms with van der Waals surface area (Å²) in [6.07, 6.45) is 1.82. The van der Waals surface area contributed by atoms with Crippen molar-refractivity contribution >= 4 is 17.1 Å². The van der Waals surface area contributed by atoms with Crippen LogP contribution in [0.4, 0.5) is 5.95 Å². The number of morpholine rings is 1. The molecule has 0 radical (unpaired) electrons. The van der Waals surface area contributed by atoms with Gasteiger partial charge in [0.05, 0.1) is 26.1 Å². The molecule has 1 N–H and O–H groups in total. The van der Waals surface area contributed by atoms with E-state index in [1.807, 2.05) is 36.7 Å². The smallest absolute Gasteiger partial charge is 0.228 e. The van der Waals surface area contributed by atoms with Gasteiger partial charge in [-0.05, 0) is 29.8 Å². The summed E-state index contributed by atoms with van der Waals surface area (Å²) >= 11 is 0. The Bertz CT molecular complexity index is 1120. The summed E-state index contributed by atoms with van der Waals surface area (Å²) in [6, 6.07) is 17.3. The molecule has 7 heteroatoms. The van der Waals surface area contributed by atoms with Crippen molar-refractivity contribution in [2.24, 2.45) is 0 Å². The van der Waals surface area contributed by atoms with Gasteiger partial charge in [0, 0.05) is 18.7 Å². The van der Waals surface area contributed by atoms with Gasteiger partial charge in [-0.15, -0.1) is 0 Å². The number of aromatic hydroxyl groups is 1. The number of anilines is 1. The number of ether oxygens (including phenoxy) is 1. The quantitative estimate of drug-likeness (QED) is 0.580. The first-order valence-corrected chi connectivity index (χ1v) is 9.67. The van der Waals surface area contributed by atoms with Crippen LogP contribution in [0.15, 0.2) is 60.9 Å². The van der Waals surface area contributed by atoms with E-state index in [9.17, 15) is 5.11 Å². The van der Waals surface area contributed by atoms with Crippen LogP contribution in [0.2, 0.25) is 0 Å². The Morgan fingerprint density at radius 3 is 2.45 bits per heavy atom. The van der Waals surface area contributed by atoms with Crippen molar-refractivity contribution in [3.8, 4) is 17.0 Å². The van der Waals surface area contributed by atoms with Crippen molar-refractivity contribution in [1.82, 2.24) is 19.5 Å². The Labute approximate surface area is 168 Å². The zero-order valence-corrected chi connectivity index (χ0v) is 15.9. The van der Waals surface area contributed by atoms with E-state index in [4.69, 9.17) is 14.7 Å². The minimum atomic E-state index is 0.224. The van der Waals surface area contributed by atoms with Gasteiger partial charge in [-0.2, -0.15) is 4.98 Å². The molecule has 5 rings (SSSR count). The third-order valence-corrected chi connectivity index (χ3v) is 5.08. The first-order valence-electron chi connectivity index (χ1n) is 9.67. The second kappa shape index (κ2) is 7.52. The lowest BCUT2D eigenvalue weighted by atomic mass is 10.1. The molecule has 1 fully saturated rings. The number of aromatic nitrogens is 4. The van der Waals surface area contributed by atoms with Gasteiger partial charge in [0.15, 0.2) is 5.65 Å². The maximum absolute atomic E-state index is 9.67. The number of rotatable bonds is 4. The fraction of sp³-hybridized carbons (Fsp3) is 0.227. The lowest BCUT2D eigenvalue weighted by molar-refractivity contribution is 0.122. The Kier molecular flexibility index (Phi) is 4.57. The van der Waals surface area contributed by atoms with Gasteiger partial charge in [-0.25, -0.2) is 9.97 Å². The van der Waals surface area contributed by atoms with Gasteiger partial charge >= 0.3 is 0 Å². The van der Waals surface area contributed by atoms with Crippen molar-refractivity contribution in [2.75, 3.05) is 31.2 Å². The van der Waals surface area contributed by atoms with Crippen LogP contribution in [-0.4, -0.2) is 50.9 Å². The SMILES string of the molecule is Oc1ccc(-c2nc(N3CCOCC3)nc3c2ncn3Cc2ccccc2)cc1. The highest BCUT2D eigenvalue weighted by molar-refractivity contribution is 5.88. The average molecular weight is 387 g/mol. The van der Waals surface area contributed by atoms with E-state index in [-0.39, 0.29) is 5.75 Å². The van der Waals surface area contributed by atoms with Gasteiger partial charge in [0.25, 0.3) is 0 Å². The van der Waals surface area contributed by atoms with E-state index >= 15 is 0 Å². The molecule has 29 heavy (non-hydrogen) atoms. The minimum Gasteiger partial charge on any atom is -0.508 e. The summed E-state index contributed by atoms with van der Waals surface area (Å²) < 4.78 is 7.54. The van der Waals surface area contributed by atoms with Crippen molar-refractivity contribution in [2.45, 2.75) is 6.54 Å². The summed E-state index contributed by atoms with van der Waals surface area (Å²) in [6.45, 7) is 3.53. The van der Waals surface area contributed by atoms with Crippen molar-refractivity contribution < 1.29 is 9.84 Å². The molecule has 7 nitrogen and oxygen atoms in total. The van der Waals surface area contributed by atoms with Crippen molar-refractivity contribution in [3.05, 3.63) is 66.5 Å². The zero-order valence-electron chi connectivity index (χ0n) is 15.9. The number of fused-ring (bicyclic) bond motifs is 1. The van der Waals surface area contributed by atoms with Crippen LogP contribution in [0.3, 0.4) is 0 Å². The molecule has 1 aliphatic rings. The van der Waals surface area contributed by atoms with Gasteiger partial charge in [0.2, 0.25) is 5.95 Å². The van der Waals surface area contributed by atoms with E-state index in [2.05, 4.69) is 26.6 Å². The third kappa shape index (κ3) is 3.52. The number of phenols is 1. The topological polar surface area (TPSA) is 76.3 Å². The molecule has 1 aliphatic heterocycles. The van der Waals surface area contributed by atoms with Crippen LogP contribution < -0.4 is 4.90 Å². The Morgan fingerprint density at radius 1 is 0.931 bits per heavy atom. The molecule has 0 spiro atoms. The maximum Gasteiger partial charge on any atom is 0.228 e. The zero-order chi connectivity index (χ0) is 19.6. The molecule has 2 aromatic carbocycles. The molecule has 0 unspecified atom stereocenters. The van der Waals surface area contributed by atoms with Gasteiger partial charge in [-0.3, -0.25) is 0 Å². The number of imidazole rings is 1. The van der Waals surface area contributed by atoms with E-state index in [0.717, 1.165) is 35.5 Å². The first kappa shape index (κ1) is 17.6. The molecular formula is C22H21N5O2. The Balaban J connectivity index is 1.64. The average Bonchev–Trinajstić information content (AvgIpc) is 3.18. The fourth-order valence-corrected chi connectivity index (χ4v) is 3.55. The maximum atomic E-state index is 9.67. The predicted octanol–water partition coefficient (Wildman–Crippen LogP) is 3.08. The van der Waals surface area contributed by atoms with Crippen LogP contribution in [0.5, 0.6) is 5.75 Å². The second-order valence-electron chi connectivity index (χ2n) is 7.05. The number of phenolic OH excluding ortho intramolecular Hbond substituents is 1. The Hall–Kier alpha value is -3.45. The van der Waals surface area contributed by atoms with E-state index in [1.165, 1.54) is 5.56 Å². The van der Waals surface area contributed by atoms with Gasteiger partial charge < -0.3 is 19.3 Å². The fourth-order valence-electron chi connectivity index (χ4n) is 3.55. The number of hydrogen-bond donors (Lipinski definition) is 1. The highest BCUT2D eigenvalue weighted by Gasteiger charge is 2.20. The minimum absolute atomic E-state index is 0.224. The van der Waals surface area contributed by atoms with E-state index in [1.54, 1.807) is 12.1 Å². The summed E-state index contributed by atoms with van der Waals surface area (Å²) in [4.78, 5) is 16.5. The number of hydrogen-bond acceptors (Lipinski definition) is 6. The predicted molar refractivity (Wildman–Crippen MR) is 111 cm³/mol. The molecule has 146 valence electrons. The van der Waals surface area contributed by atoms with Crippen LogP contribution in [-0.2, 0) is 11.3 Å². The summed E-state index contributed by atoms with van der Waals surface area (Å²) in [7, 11) is 0. The summed E-state index contributed by atoms with van der Waals surface area (Å²) in [5.74, 6) is 0.903. The first-order chi connectivity index (χ1) is 14.3. The largest absolute Gasteiger partial charge is 0.508 e. The molecule has 0 saturated carbocycles. The van der Waals surface area contributed by atoms with Crippen LogP contribution >= 0.6 is 0 Å². The third-order valence-electron chi connectivity index (χ3n) is 5.08. The molecule has 4 aromatic rings. The van der Waals surface area contributed by atoms with Crippen molar-refractivity contribution in [1.29, 1.82) is 0 Å². The molecule has 1 saturated heterocycles. The Morgan fingerprint density at radius 2 is 1.69 bits per heavy atom. The normalized spacial score (nSPS) is 14.4. The number of benzene rings is 2. The van der Waals surface area contributed by atoms with Crippen LogP contribution in [0, 0.1) is 0 Å². The lowest BCUT2D eigenvalue weighted by Gasteiger charge is -2.27. The summed E-state index contributed by atoms with van der Waals surface area (Å²) in [5, 5.41) is 9.67. The molecule has 3 heterocycles. The highest BCUT2D eigenvalue weighted by Crippen LogP contribution is 2.29. The van der Waals surface area contributed by atoms with Crippen LogP contribution in [0.25, 0.3) is 22.4 Å². The molecule has 2 aromatic heterocycles. The molecule has 0 amide bonds. The molecule has 0 aliphatic carbocycles. The monoisotopic (exact) mass is 387 g/mol. The van der Waals surface area contributed by atoms with Crippen LogP contribution in [0.1, 0.15) is 5.56 Å².